The maximum Gasteiger partial charge on any atom is 0.341 e. The van der Waals surface area contributed by atoms with Crippen molar-refractivity contribution in [2.24, 2.45) is 0 Å². The SMILES string of the molecule is O=C(O)c1cn2c3c(c(Cl)cc(Cl)c3c1=O)CCC2. The van der Waals surface area contributed by atoms with Gasteiger partial charge in [-0.2, -0.15) is 0 Å². The number of carboxylic acids is 1. The van der Waals surface area contributed by atoms with Gasteiger partial charge in [0.05, 0.1) is 15.9 Å². The van der Waals surface area contributed by atoms with Crippen LogP contribution >= 0.6 is 23.2 Å². The van der Waals surface area contributed by atoms with Crippen LogP contribution in [-0.4, -0.2) is 15.6 Å². The van der Waals surface area contributed by atoms with Crippen molar-refractivity contribution < 1.29 is 9.90 Å². The zero-order valence-corrected chi connectivity index (χ0v) is 11.3. The lowest BCUT2D eigenvalue weighted by atomic mass is 9.99. The molecule has 1 aliphatic heterocycles. The number of pyridine rings is 1. The molecular weight excluding hydrogens is 289 g/mol. The molecule has 0 spiro atoms. The van der Waals surface area contributed by atoms with Gasteiger partial charge in [0.15, 0.2) is 0 Å². The van der Waals surface area contributed by atoms with E-state index in [1.807, 2.05) is 0 Å². The lowest BCUT2D eigenvalue weighted by molar-refractivity contribution is 0.0695. The van der Waals surface area contributed by atoms with Crippen LogP contribution in [0.4, 0.5) is 0 Å². The minimum absolute atomic E-state index is 0.201. The highest BCUT2D eigenvalue weighted by Crippen LogP contribution is 2.34. The van der Waals surface area contributed by atoms with E-state index in [4.69, 9.17) is 28.3 Å². The minimum Gasteiger partial charge on any atom is -0.477 e. The van der Waals surface area contributed by atoms with Crippen LogP contribution in [0.1, 0.15) is 22.3 Å². The molecule has 19 heavy (non-hydrogen) atoms. The fourth-order valence-corrected chi connectivity index (χ4v) is 3.22. The number of carboxylic acid groups (broad SMARTS) is 1. The van der Waals surface area contributed by atoms with Gasteiger partial charge in [0.25, 0.3) is 0 Å². The summed E-state index contributed by atoms with van der Waals surface area (Å²) in [7, 11) is 0. The Morgan fingerprint density at radius 1 is 1.32 bits per heavy atom. The molecule has 0 atom stereocenters. The molecule has 0 radical (unpaired) electrons. The Morgan fingerprint density at radius 3 is 2.74 bits per heavy atom. The molecule has 98 valence electrons. The molecule has 0 unspecified atom stereocenters. The highest BCUT2D eigenvalue weighted by atomic mass is 35.5. The van der Waals surface area contributed by atoms with Gasteiger partial charge < -0.3 is 9.67 Å². The number of benzene rings is 1. The highest BCUT2D eigenvalue weighted by molar-refractivity contribution is 6.39. The summed E-state index contributed by atoms with van der Waals surface area (Å²) in [6.45, 7) is 0.654. The van der Waals surface area contributed by atoms with Gasteiger partial charge in [0, 0.05) is 17.8 Å². The third-order valence-corrected chi connectivity index (χ3v) is 4.04. The topological polar surface area (TPSA) is 59.3 Å². The van der Waals surface area contributed by atoms with E-state index >= 15 is 0 Å². The van der Waals surface area contributed by atoms with E-state index in [-0.39, 0.29) is 16.0 Å². The van der Waals surface area contributed by atoms with Crippen LogP contribution in [0.15, 0.2) is 17.1 Å². The van der Waals surface area contributed by atoms with E-state index in [1.165, 1.54) is 12.3 Å². The van der Waals surface area contributed by atoms with Crippen LogP contribution in [-0.2, 0) is 13.0 Å². The van der Waals surface area contributed by atoms with Crippen LogP contribution < -0.4 is 5.43 Å². The van der Waals surface area contributed by atoms with Crippen molar-refractivity contribution in [3.05, 3.63) is 43.7 Å². The first-order valence-corrected chi connectivity index (χ1v) is 6.53. The molecule has 0 fully saturated rings. The first kappa shape index (κ1) is 12.5. The summed E-state index contributed by atoms with van der Waals surface area (Å²) in [6.07, 6.45) is 2.99. The molecule has 2 heterocycles. The minimum atomic E-state index is -1.24. The van der Waals surface area contributed by atoms with Crippen LogP contribution in [0.2, 0.25) is 10.0 Å². The van der Waals surface area contributed by atoms with Gasteiger partial charge in [0.1, 0.15) is 5.56 Å². The van der Waals surface area contributed by atoms with Crippen LogP contribution in [0.3, 0.4) is 0 Å². The van der Waals surface area contributed by atoms with E-state index in [0.717, 1.165) is 18.4 Å². The van der Waals surface area contributed by atoms with Crippen molar-refractivity contribution >= 4 is 40.1 Å². The van der Waals surface area contributed by atoms with Crippen molar-refractivity contribution in [2.75, 3.05) is 0 Å². The molecule has 1 N–H and O–H groups in total. The van der Waals surface area contributed by atoms with Crippen molar-refractivity contribution in [2.45, 2.75) is 19.4 Å². The number of aryl methyl sites for hydroxylation is 2. The first-order valence-electron chi connectivity index (χ1n) is 5.78. The lowest BCUT2D eigenvalue weighted by Crippen LogP contribution is -2.22. The second-order valence-corrected chi connectivity index (χ2v) is 5.33. The largest absolute Gasteiger partial charge is 0.477 e. The van der Waals surface area contributed by atoms with Crippen LogP contribution in [0.25, 0.3) is 10.9 Å². The summed E-state index contributed by atoms with van der Waals surface area (Å²) >= 11 is 12.2. The zero-order chi connectivity index (χ0) is 13.7. The molecule has 0 amide bonds. The molecule has 2 aromatic rings. The fourth-order valence-electron chi connectivity index (χ4n) is 2.59. The molecular formula is C13H9Cl2NO3. The third kappa shape index (κ3) is 1.75. The number of rotatable bonds is 1. The summed E-state index contributed by atoms with van der Waals surface area (Å²) in [5.74, 6) is -1.24. The predicted octanol–water partition coefficient (Wildman–Crippen LogP) is 2.95. The Bertz CT molecular complexity index is 780. The monoisotopic (exact) mass is 297 g/mol. The smallest absolute Gasteiger partial charge is 0.341 e. The number of hydrogen-bond donors (Lipinski definition) is 1. The first-order chi connectivity index (χ1) is 9.00. The van der Waals surface area contributed by atoms with Gasteiger partial charge in [-0.25, -0.2) is 4.79 Å². The Hall–Kier alpha value is -1.52. The standard InChI is InChI=1S/C13H9Cl2NO3/c14-8-4-9(15)10-11-6(8)2-1-3-16(11)5-7(12(10)17)13(18)19/h4-5H,1-3H2,(H,18,19). The number of aromatic carboxylic acids is 1. The predicted molar refractivity (Wildman–Crippen MR) is 73.5 cm³/mol. The van der Waals surface area contributed by atoms with Gasteiger partial charge in [-0.15, -0.1) is 0 Å². The lowest BCUT2D eigenvalue weighted by Gasteiger charge is -2.21. The van der Waals surface area contributed by atoms with E-state index in [2.05, 4.69) is 0 Å². The molecule has 1 aliphatic rings. The fraction of sp³-hybridized carbons (Fsp3) is 0.231. The normalized spacial score (nSPS) is 13.8. The Balaban J connectivity index is 2.58. The average Bonchev–Trinajstić information content (AvgIpc) is 2.35. The van der Waals surface area contributed by atoms with E-state index in [0.29, 0.717) is 17.1 Å². The van der Waals surface area contributed by atoms with Gasteiger partial charge in [-0.05, 0) is 24.5 Å². The summed E-state index contributed by atoms with van der Waals surface area (Å²) in [4.78, 5) is 23.4. The highest BCUT2D eigenvalue weighted by Gasteiger charge is 2.22. The van der Waals surface area contributed by atoms with Crippen molar-refractivity contribution in [3.8, 4) is 0 Å². The van der Waals surface area contributed by atoms with E-state index in [1.54, 1.807) is 4.57 Å². The summed E-state index contributed by atoms with van der Waals surface area (Å²) in [6, 6.07) is 1.52. The van der Waals surface area contributed by atoms with Crippen molar-refractivity contribution in [1.82, 2.24) is 4.57 Å². The Morgan fingerprint density at radius 2 is 2.05 bits per heavy atom. The average molecular weight is 298 g/mol. The molecule has 6 heteroatoms. The van der Waals surface area contributed by atoms with Crippen LogP contribution in [0, 0.1) is 0 Å². The number of nitrogens with zero attached hydrogens (tertiary/aromatic N) is 1. The number of halogens is 2. The molecule has 4 nitrogen and oxygen atoms in total. The molecule has 0 aliphatic carbocycles. The second-order valence-electron chi connectivity index (χ2n) is 4.52. The molecule has 1 aromatic heterocycles. The maximum atomic E-state index is 12.2. The van der Waals surface area contributed by atoms with Crippen LogP contribution in [0.5, 0.6) is 0 Å². The van der Waals surface area contributed by atoms with Gasteiger partial charge in [-0.3, -0.25) is 4.79 Å². The van der Waals surface area contributed by atoms with Gasteiger partial charge in [-0.1, -0.05) is 23.2 Å². The molecule has 0 saturated heterocycles. The molecule has 1 aromatic carbocycles. The van der Waals surface area contributed by atoms with Crippen molar-refractivity contribution in [1.29, 1.82) is 0 Å². The number of hydrogen-bond acceptors (Lipinski definition) is 2. The van der Waals surface area contributed by atoms with E-state index in [9.17, 15) is 9.59 Å². The van der Waals surface area contributed by atoms with Crippen molar-refractivity contribution in [3.63, 3.8) is 0 Å². The quantitative estimate of drug-likeness (QED) is 0.880. The summed E-state index contributed by atoms with van der Waals surface area (Å²) < 4.78 is 1.76. The Kier molecular flexibility index (Phi) is 2.80. The number of carbonyl (C=O) groups is 1. The summed E-state index contributed by atoms with van der Waals surface area (Å²) in [5.41, 5.74) is 0.716. The maximum absolute atomic E-state index is 12.2. The second kappa shape index (κ2) is 4.25. The molecule has 0 bridgehead atoms. The van der Waals surface area contributed by atoms with Gasteiger partial charge >= 0.3 is 5.97 Å². The van der Waals surface area contributed by atoms with Gasteiger partial charge in [0.2, 0.25) is 5.43 Å². The van der Waals surface area contributed by atoms with E-state index < -0.39 is 11.4 Å². The summed E-state index contributed by atoms with van der Waals surface area (Å²) in [5, 5.41) is 10.1. The molecule has 0 saturated carbocycles. The number of aromatic nitrogens is 1. The Labute approximate surface area is 118 Å². The zero-order valence-electron chi connectivity index (χ0n) is 9.74. The third-order valence-electron chi connectivity index (χ3n) is 3.40. The molecule has 3 rings (SSSR count).